The molecule has 176 valence electrons. The van der Waals surface area contributed by atoms with Crippen molar-refractivity contribution in [2.24, 2.45) is 11.8 Å². The van der Waals surface area contributed by atoms with Gasteiger partial charge in [-0.15, -0.1) is 0 Å². The Kier molecular flexibility index (Phi) is 9.89. The van der Waals surface area contributed by atoms with E-state index in [4.69, 9.17) is 9.47 Å². The Balaban J connectivity index is 2.09. The lowest BCUT2D eigenvalue weighted by molar-refractivity contribution is 0.0198. The second-order valence-corrected chi connectivity index (χ2v) is 9.74. The summed E-state index contributed by atoms with van der Waals surface area (Å²) in [6.45, 7) is 11.9. The molecule has 2 rings (SSSR count). The molecule has 0 aliphatic carbocycles. The van der Waals surface area contributed by atoms with Crippen LogP contribution in [-0.2, 0) is 11.2 Å². The standard InChI is InChI=1S/C27H40N2O3/c1-21(2)18-23(20-31-25-10-8-7-9-11-25)19-29(26(30)32-27(3,4)5)17-16-22-12-14-24(28-6)15-13-22/h7-15,21,23,28H,16-20H2,1-6H3/t23-/m0/s1. The van der Waals surface area contributed by atoms with E-state index in [1.54, 1.807) is 0 Å². The van der Waals surface area contributed by atoms with Crippen LogP contribution < -0.4 is 10.1 Å². The van der Waals surface area contributed by atoms with Crippen LogP contribution in [0.15, 0.2) is 54.6 Å². The number of carbonyl (C=O) groups is 1. The van der Waals surface area contributed by atoms with Crippen molar-refractivity contribution in [1.82, 2.24) is 4.90 Å². The molecule has 0 aliphatic heterocycles. The molecule has 2 aromatic rings. The van der Waals surface area contributed by atoms with Gasteiger partial charge in [0.2, 0.25) is 0 Å². The fourth-order valence-electron chi connectivity index (χ4n) is 3.59. The van der Waals surface area contributed by atoms with Crippen molar-refractivity contribution < 1.29 is 14.3 Å². The first-order valence-corrected chi connectivity index (χ1v) is 11.6. The number of hydrogen-bond acceptors (Lipinski definition) is 4. The summed E-state index contributed by atoms with van der Waals surface area (Å²) in [5.74, 6) is 1.58. The Morgan fingerprint density at radius 2 is 1.69 bits per heavy atom. The van der Waals surface area contributed by atoms with Gasteiger partial charge < -0.3 is 19.7 Å². The van der Waals surface area contributed by atoms with E-state index in [0.717, 1.165) is 24.3 Å². The van der Waals surface area contributed by atoms with Crippen LogP contribution in [0.3, 0.4) is 0 Å². The number of hydrogen-bond donors (Lipinski definition) is 1. The first kappa shape index (κ1) is 25.6. The van der Waals surface area contributed by atoms with Crippen LogP contribution in [0.25, 0.3) is 0 Å². The second-order valence-electron chi connectivity index (χ2n) is 9.74. The van der Waals surface area contributed by atoms with Gasteiger partial charge in [0.15, 0.2) is 0 Å². The van der Waals surface area contributed by atoms with Gasteiger partial charge in [-0.25, -0.2) is 4.79 Å². The quantitative estimate of drug-likeness (QED) is 0.449. The zero-order valence-corrected chi connectivity index (χ0v) is 20.6. The number of amides is 1. The highest BCUT2D eigenvalue weighted by Crippen LogP contribution is 2.19. The zero-order chi connectivity index (χ0) is 23.6. The fourth-order valence-corrected chi connectivity index (χ4v) is 3.59. The second kappa shape index (κ2) is 12.4. The van der Waals surface area contributed by atoms with E-state index in [1.807, 2.05) is 63.1 Å². The van der Waals surface area contributed by atoms with Gasteiger partial charge in [0, 0.05) is 31.7 Å². The summed E-state index contributed by atoms with van der Waals surface area (Å²) >= 11 is 0. The van der Waals surface area contributed by atoms with Crippen molar-refractivity contribution in [2.45, 2.75) is 53.1 Å². The topological polar surface area (TPSA) is 50.8 Å². The average Bonchev–Trinajstić information content (AvgIpc) is 2.74. The van der Waals surface area contributed by atoms with Crippen LogP contribution >= 0.6 is 0 Å². The number of ether oxygens (including phenoxy) is 2. The molecule has 0 saturated heterocycles. The molecule has 0 aliphatic rings. The number of nitrogens with zero attached hydrogens (tertiary/aromatic N) is 1. The highest BCUT2D eigenvalue weighted by molar-refractivity contribution is 5.68. The highest BCUT2D eigenvalue weighted by atomic mass is 16.6. The van der Waals surface area contributed by atoms with Gasteiger partial charge in [-0.1, -0.05) is 44.2 Å². The number of carbonyl (C=O) groups excluding carboxylic acids is 1. The molecule has 0 unspecified atom stereocenters. The van der Waals surface area contributed by atoms with Crippen LogP contribution in [0, 0.1) is 11.8 Å². The van der Waals surface area contributed by atoms with Crippen molar-refractivity contribution in [3.05, 3.63) is 60.2 Å². The third-order valence-electron chi connectivity index (χ3n) is 5.08. The number of para-hydroxylation sites is 1. The normalized spacial score (nSPS) is 12.3. The minimum absolute atomic E-state index is 0.217. The summed E-state index contributed by atoms with van der Waals surface area (Å²) in [7, 11) is 1.91. The fraction of sp³-hybridized carbons (Fsp3) is 0.519. The lowest BCUT2D eigenvalue weighted by Gasteiger charge is -2.31. The zero-order valence-electron chi connectivity index (χ0n) is 20.6. The predicted molar refractivity (Wildman–Crippen MR) is 132 cm³/mol. The summed E-state index contributed by atoms with van der Waals surface area (Å²) in [6.07, 6.45) is 1.48. The van der Waals surface area contributed by atoms with Crippen LogP contribution in [0.1, 0.15) is 46.6 Å². The van der Waals surface area contributed by atoms with Crippen LogP contribution in [0.2, 0.25) is 0 Å². The largest absolute Gasteiger partial charge is 0.493 e. The maximum absolute atomic E-state index is 13.0. The minimum Gasteiger partial charge on any atom is -0.493 e. The molecule has 1 N–H and O–H groups in total. The van der Waals surface area contributed by atoms with E-state index in [-0.39, 0.29) is 12.0 Å². The van der Waals surface area contributed by atoms with Crippen LogP contribution in [0.4, 0.5) is 10.5 Å². The Morgan fingerprint density at radius 1 is 1.03 bits per heavy atom. The Hall–Kier alpha value is -2.69. The molecule has 32 heavy (non-hydrogen) atoms. The number of rotatable bonds is 11. The minimum atomic E-state index is -0.530. The van der Waals surface area contributed by atoms with Gasteiger partial charge in [0.25, 0.3) is 0 Å². The van der Waals surface area contributed by atoms with Crippen molar-refractivity contribution in [1.29, 1.82) is 0 Å². The summed E-state index contributed by atoms with van der Waals surface area (Å²) in [6, 6.07) is 18.2. The number of nitrogens with one attached hydrogen (secondary N) is 1. The monoisotopic (exact) mass is 440 g/mol. The molecule has 0 fully saturated rings. The van der Waals surface area contributed by atoms with Crippen LogP contribution in [-0.4, -0.2) is 43.3 Å². The molecular weight excluding hydrogens is 400 g/mol. The van der Waals surface area contributed by atoms with Crippen molar-refractivity contribution in [3.63, 3.8) is 0 Å². The molecule has 0 heterocycles. The summed E-state index contributed by atoms with van der Waals surface area (Å²) < 4.78 is 11.8. The molecule has 5 heteroatoms. The third-order valence-corrected chi connectivity index (χ3v) is 5.08. The predicted octanol–water partition coefficient (Wildman–Crippen LogP) is 6.25. The molecule has 0 aromatic heterocycles. The van der Waals surface area contributed by atoms with E-state index in [1.165, 1.54) is 5.56 Å². The maximum Gasteiger partial charge on any atom is 0.410 e. The van der Waals surface area contributed by atoms with Crippen molar-refractivity contribution in [2.75, 3.05) is 32.1 Å². The molecule has 0 spiro atoms. The van der Waals surface area contributed by atoms with Crippen molar-refractivity contribution >= 4 is 11.8 Å². The number of anilines is 1. The molecule has 1 atom stereocenters. The maximum atomic E-state index is 13.0. The average molecular weight is 441 g/mol. The lowest BCUT2D eigenvalue weighted by atomic mass is 9.97. The van der Waals surface area contributed by atoms with E-state index in [0.29, 0.717) is 25.6 Å². The summed E-state index contributed by atoms with van der Waals surface area (Å²) in [5, 5.41) is 3.14. The summed E-state index contributed by atoms with van der Waals surface area (Å²) in [5.41, 5.74) is 1.74. The summed E-state index contributed by atoms with van der Waals surface area (Å²) in [4.78, 5) is 14.9. The van der Waals surface area contributed by atoms with E-state index in [2.05, 4.69) is 43.4 Å². The van der Waals surface area contributed by atoms with E-state index < -0.39 is 5.60 Å². The molecule has 2 aromatic carbocycles. The van der Waals surface area contributed by atoms with Gasteiger partial charge in [-0.2, -0.15) is 0 Å². The van der Waals surface area contributed by atoms with Gasteiger partial charge in [0.1, 0.15) is 11.4 Å². The third kappa shape index (κ3) is 9.63. The Morgan fingerprint density at radius 3 is 2.25 bits per heavy atom. The molecule has 5 nitrogen and oxygen atoms in total. The number of benzene rings is 2. The first-order valence-electron chi connectivity index (χ1n) is 11.6. The first-order chi connectivity index (χ1) is 15.2. The van der Waals surface area contributed by atoms with Gasteiger partial charge in [0.05, 0.1) is 6.61 Å². The van der Waals surface area contributed by atoms with Gasteiger partial charge in [-0.05, 0) is 69.4 Å². The van der Waals surface area contributed by atoms with Gasteiger partial charge >= 0.3 is 6.09 Å². The molecular formula is C27H40N2O3. The van der Waals surface area contributed by atoms with E-state index >= 15 is 0 Å². The Labute approximate surface area is 194 Å². The Bertz CT molecular complexity index is 798. The molecule has 0 radical (unpaired) electrons. The molecule has 0 bridgehead atoms. The lowest BCUT2D eigenvalue weighted by Crippen LogP contribution is -2.42. The van der Waals surface area contributed by atoms with Gasteiger partial charge in [-0.3, -0.25) is 0 Å². The van der Waals surface area contributed by atoms with Crippen LogP contribution in [0.5, 0.6) is 5.75 Å². The smallest absolute Gasteiger partial charge is 0.410 e. The SMILES string of the molecule is CNc1ccc(CCN(C[C@@H](COc2ccccc2)CC(C)C)C(=O)OC(C)(C)C)cc1. The van der Waals surface area contributed by atoms with Crippen molar-refractivity contribution in [3.8, 4) is 5.75 Å². The highest BCUT2D eigenvalue weighted by Gasteiger charge is 2.25. The molecule has 1 amide bonds. The molecule has 0 saturated carbocycles. The van der Waals surface area contributed by atoms with E-state index in [9.17, 15) is 4.79 Å².